The zero-order valence-corrected chi connectivity index (χ0v) is 19.5. The van der Waals surface area contributed by atoms with Crippen LogP contribution in [0.25, 0.3) is 11.5 Å². The number of methoxy groups -OCH3 is 1. The van der Waals surface area contributed by atoms with Crippen molar-refractivity contribution in [2.24, 2.45) is 4.99 Å². The monoisotopic (exact) mass is 471 g/mol. The molecule has 4 rings (SSSR count). The third-order valence-corrected chi connectivity index (χ3v) is 5.83. The normalized spacial score (nSPS) is 12.6. The van der Waals surface area contributed by atoms with Gasteiger partial charge in [0.2, 0.25) is 0 Å². The number of unbranched alkanes of at least 4 members (excludes halogenated alkanes) is 2. The van der Waals surface area contributed by atoms with Gasteiger partial charge in [0.05, 0.1) is 12.7 Å². The Kier molecular flexibility index (Phi) is 7.08. The largest absolute Gasteiger partial charge is 0.497 e. The van der Waals surface area contributed by atoms with Crippen LogP contribution in [0.5, 0.6) is 5.75 Å². The maximum atomic E-state index is 13.0. The molecule has 174 valence electrons. The molecule has 0 spiro atoms. The summed E-state index contributed by atoms with van der Waals surface area (Å²) in [7, 11) is 1.61. The summed E-state index contributed by atoms with van der Waals surface area (Å²) in [5.74, 6) is 2.20. The van der Waals surface area contributed by atoms with Crippen LogP contribution in [0.15, 0.2) is 43.4 Å². The molecule has 0 fully saturated rings. The second kappa shape index (κ2) is 10.2. The molecule has 0 aliphatic carbocycles. The lowest BCUT2D eigenvalue weighted by atomic mass is 10.2. The van der Waals surface area contributed by atoms with Crippen molar-refractivity contribution in [2.75, 3.05) is 7.11 Å². The van der Waals surface area contributed by atoms with Crippen LogP contribution < -0.4 is 16.0 Å². The van der Waals surface area contributed by atoms with Crippen molar-refractivity contribution in [3.63, 3.8) is 0 Å². The lowest BCUT2D eigenvalue weighted by Gasteiger charge is -2.13. The Balaban J connectivity index is 1.41. The molecule has 0 bridgehead atoms. The number of hydrogen-bond acceptors (Lipinski definition) is 7. The van der Waals surface area contributed by atoms with Gasteiger partial charge in [-0.25, -0.2) is 9.79 Å². The minimum Gasteiger partial charge on any atom is -0.497 e. The number of halogens is 1. The molecule has 0 N–H and O–H groups in total. The molecule has 33 heavy (non-hydrogen) atoms. The Hall–Kier alpha value is -3.20. The fourth-order valence-electron chi connectivity index (χ4n) is 3.80. The number of aromatic nitrogens is 4. The minimum atomic E-state index is -0.330. The Morgan fingerprint density at radius 1 is 1.09 bits per heavy atom. The highest BCUT2D eigenvalue weighted by Crippen LogP contribution is 2.24. The smallest absolute Gasteiger partial charge is 0.332 e. The number of nitrogens with zero attached hydrogens (tertiary/aromatic N) is 5. The lowest BCUT2D eigenvalue weighted by molar-refractivity contribution is 0.413. The second-order valence-electron chi connectivity index (χ2n) is 7.91. The Morgan fingerprint density at radius 3 is 2.58 bits per heavy atom. The van der Waals surface area contributed by atoms with Crippen molar-refractivity contribution in [3.8, 4) is 17.2 Å². The molecule has 3 heterocycles. The van der Waals surface area contributed by atoms with Crippen molar-refractivity contribution in [1.29, 1.82) is 0 Å². The molecular formula is C23H26ClN5O4. The van der Waals surface area contributed by atoms with E-state index in [0.717, 1.165) is 24.2 Å². The van der Waals surface area contributed by atoms with Crippen LogP contribution in [0.1, 0.15) is 44.0 Å². The zero-order valence-electron chi connectivity index (χ0n) is 18.7. The van der Waals surface area contributed by atoms with E-state index in [0.29, 0.717) is 60.6 Å². The lowest BCUT2D eigenvalue weighted by Crippen LogP contribution is -2.41. The molecule has 0 unspecified atom stereocenters. The maximum absolute atomic E-state index is 13.0. The van der Waals surface area contributed by atoms with Gasteiger partial charge in [-0.05, 0) is 43.5 Å². The Bertz CT molecular complexity index is 1270. The molecule has 10 heteroatoms. The van der Waals surface area contributed by atoms with Gasteiger partial charge in [-0.3, -0.25) is 13.9 Å². The number of ether oxygens (including phenoxy) is 1. The molecule has 0 radical (unpaired) electrons. The number of aryl methyl sites for hydroxylation is 1. The predicted molar refractivity (Wildman–Crippen MR) is 126 cm³/mol. The summed E-state index contributed by atoms with van der Waals surface area (Å²) >= 11 is 6.07. The predicted octanol–water partition coefficient (Wildman–Crippen LogP) is 3.72. The number of benzene rings is 1. The van der Waals surface area contributed by atoms with Crippen LogP contribution in [0.3, 0.4) is 0 Å². The average Bonchev–Trinajstić information content (AvgIpc) is 3.45. The van der Waals surface area contributed by atoms with Gasteiger partial charge in [0.15, 0.2) is 5.82 Å². The Labute approximate surface area is 195 Å². The first-order chi connectivity index (χ1) is 16.0. The number of rotatable bonds is 10. The van der Waals surface area contributed by atoms with E-state index >= 15 is 0 Å². The van der Waals surface area contributed by atoms with E-state index in [-0.39, 0.29) is 17.7 Å². The van der Waals surface area contributed by atoms with E-state index in [1.807, 2.05) is 24.3 Å². The van der Waals surface area contributed by atoms with E-state index in [2.05, 4.69) is 22.1 Å². The standard InChI is InChI=1S/C23H26ClN5O4/c1-3-4-12-28-20-17(14-18(24)25-20)22(30)29(23(28)31)13-6-5-7-19-26-21(33-27-19)15-8-10-16(32-2)11-9-15/h8-11H,3-7,12-14H2,1-2H3. The fraction of sp³-hybridized carbons (Fsp3) is 0.435. The first kappa shape index (κ1) is 23.0. The van der Waals surface area contributed by atoms with Gasteiger partial charge in [-0.1, -0.05) is 30.1 Å². The van der Waals surface area contributed by atoms with Crippen LogP contribution in [0, 0.1) is 0 Å². The Morgan fingerprint density at radius 2 is 1.85 bits per heavy atom. The molecule has 1 aromatic carbocycles. The highest BCUT2D eigenvalue weighted by molar-refractivity contribution is 6.66. The van der Waals surface area contributed by atoms with Gasteiger partial charge < -0.3 is 9.26 Å². The van der Waals surface area contributed by atoms with E-state index < -0.39 is 0 Å². The van der Waals surface area contributed by atoms with Crippen molar-refractivity contribution in [1.82, 2.24) is 19.3 Å². The summed E-state index contributed by atoms with van der Waals surface area (Å²) in [4.78, 5) is 34.6. The quantitative estimate of drug-likeness (QED) is 0.417. The molecule has 0 atom stereocenters. The van der Waals surface area contributed by atoms with Crippen molar-refractivity contribution < 1.29 is 9.26 Å². The molecule has 1 aliphatic rings. The number of hydrogen-bond donors (Lipinski definition) is 0. The molecule has 2 aromatic heterocycles. The van der Waals surface area contributed by atoms with Crippen LogP contribution in [-0.4, -0.2) is 31.6 Å². The van der Waals surface area contributed by atoms with E-state index in [1.54, 1.807) is 11.7 Å². The fourth-order valence-corrected chi connectivity index (χ4v) is 4.02. The van der Waals surface area contributed by atoms with Crippen molar-refractivity contribution >= 4 is 22.6 Å². The average molecular weight is 472 g/mol. The van der Waals surface area contributed by atoms with Gasteiger partial charge in [-0.2, -0.15) is 4.98 Å². The first-order valence-corrected chi connectivity index (χ1v) is 11.5. The number of aliphatic imine (C=N–C) groups is 1. The maximum Gasteiger partial charge on any atom is 0.332 e. The van der Waals surface area contributed by atoms with Gasteiger partial charge in [0.1, 0.15) is 16.7 Å². The van der Waals surface area contributed by atoms with Gasteiger partial charge in [0, 0.05) is 31.5 Å². The van der Waals surface area contributed by atoms with Crippen LogP contribution in [-0.2, 0) is 25.9 Å². The van der Waals surface area contributed by atoms with Crippen molar-refractivity contribution in [2.45, 2.75) is 58.5 Å². The summed E-state index contributed by atoms with van der Waals surface area (Å²) < 4.78 is 13.4. The molecule has 3 aromatic rings. The molecule has 0 saturated carbocycles. The molecule has 1 aliphatic heterocycles. The summed E-state index contributed by atoms with van der Waals surface area (Å²) in [6.45, 7) is 2.88. The van der Waals surface area contributed by atoms with E-state index in [9.17, 15) is 9.59 Å². The third-order valence-electron chi connectivity index (χ3n) is 5.61. The SMILES string of the molecule is CCCCn1c2c(c(=O)n(CCCCc3noc(-c4ccc(OC)cc4)n3)c1=O)CC(Cl)=N2. The number of fused-ring (bicyclic) bond motifs is 1. The van der Waals surface area contributed by atoms with Crippen LogP contribution in [0.4, 0.5) is 5.82 Å². The first-order valence-electron chi connectivity index (χ1n) is 11.1. The highest BCUT2D eigenvalue weighted by atomic mass is 35.5. The topological polar surface area (TPSA) is 105 Å². The van der Waals surface area contributed by atoms with E-state index in [4.69, 9.17) is 20.9 Å². The molecular weight excluding hydrogens is 446 g/mol. The van der Waals surface area contributed by atoms with Crippen LogP contribution in [0.2, 0.25) is 0 Å². The van der Waals surface area contributed by atoms with Crippen molar-refractivity contribution in [3.05, 3.63) is 56.5 Å². The minimum absolute atomic E-state index is 0.277. The highest BCUT2D eigenvalue weighted by Gasteiger charge is 2.24. The molecule has 9 nitrogen and oxygen atoms in total. The zero-order chi connectivity index (χ0) is 23.4. The second-order valence-corrected chi connectivity index (χ2v) is 8.35. The van der Waals surface area contributed by atoms with Gasteiger partial charge in [-0.15, -0.1) is 0 Å². The summed E-state index contributed by atoms with van der Waals surface area (Å²) in [6.07, 6.45) is 3.95. The third kappa shape index (κ3) is 4.93. The summed E-state index contributed by atoms with van der Waals surface area (Å²) in [5, 5.41) is 4.38. The molecule has 0 amide bonds. The molecule has 0 saturated heterocycles. The van der Waals surface area contributed by atoms with Gasteiger partial charge in [0.25, 0.3) is 11.4 Å². The summed E-state index contributed by atoms with van der Waals surface area (Å²) in [6, 6.07) is 7.38. The van der Waals surface area contributed by atoms with Crippen LogP contribution >= 0.6 is 11.6 Å². The summed E-state index contributed by atoms with van der Waals surface area (Å²) in [5.41, 5.74) is 0.679. The van der Waals surface area contributed by atoms with Gasteiger partial charge >= 0.3 is 5.69 Å². The van der Waals surface area contributed by atoms with E-state index in [1.165, 1.54) is 4.57 Å².